The van der Waals surface area contributed by atoms with Gasteiger partial charge in [-0.15, -0.1) is 0 Å². The summed E-state index contributed by atoms with van der Waals surface area (Å²) in [5.41, 5.74) is 4.27. The van der Waals surface area contributed by atoms with Crippen molar-refractivity contribution in [1.82, 2.24) is 5.32 Å². The third-order valence-electron chi connectivity index (χ3n) is 5.11. The number of benzene rings is 3. The summed E-state index contributed by atoms with van der Waals surface area (Å²) < 4.78 is 5.25. The van der Waals surface area contributed by atoms with Crippen molar-refractivity contribution in [3.05, 3.63) is 95.1 Å². The van der Waals surface area contributed by atoms with E-state index < -0.39 is 0 Å². The highest BCUT2D eigenvalue weighted by molar-refractivity contribution is 6.07. The van der Waals surface area contributed by atoms with Crippen LogP contribution in [0.1, 0.15) is 31.8 Å². The SMILES string of the molecule is COc1ccccc1C(=O)NCc1ccc2c(c1)CCN2C(=O)c1ccccc1. The number of nitrogens with one attached hydrogen (secondary N) is 1. The summed E-state index contributed by atoms with van der Waals surface area (Å²) in [6.07, 6.45) is 0.808. The molecule has 0 unspecified atom stereocenters. The highest BCUT2D eigenvalue weighted by Crippen LogP contribution is 2.30. The van der Waals surface area contributed by atoms with Crippen molar-refractivity contribution in [1.29, 1.82) is 0 Å². The highest BCUT2D eigenvalue weighted by atomic mass is 16.5. The first-order valence-corrected chi connectivity index (χ1v) is 9.57. The summed E-state index contributed by atoms with van der Waals surface area (Å²) >= 11 is 0. The molecule has 5 heteroatoms. The van der Waals surface area contributed by atoms with Gasteiger partial charge in [-0.3, -0.25) is 9.59 Å². The molecule has 0 bridgehead atoms. The number of rotatable bonds is 5. The monoisotopic (exact) mass is 386 g/mol. The molecule has 146 valence electrons. The van der Waals surface area contributed by atoms with Gasteiger partial charge < -0.3 is 15.0 Å². The number of carbonyl (C=O) groups is 2. The number of carbonyl (C=O) groups excluding carboxylic acids is 2. The summed E-state index contributed by atoms with van der Waals surface area (Å²) in [6, 6.07) is 22.5. The van der Waals surface area contributed by atoms with Gasteiger partial charge in [0.1, 0.15) is 5.75 Å². The van der Waals surface area contributed by atoms with Crippen molar-refractivity contribution in [3.8, 4) is 5.75 Å². The van der Waals surface area contributed by atoms with Crippen molar-refractivity contribution in [2.45, 2.75) is 13.0 Å². The topological polar surface area (TPSA) is 58.6 Å². The molecule has 2 amide bonds. The summed E-state index contributed by atoms with van der Waals surface area (Å²) in [7, 11) is 1.55. The molecule has 0 aliphatic carbocycles. The van der Waals surface area contributed by atoms with E-state index in [4.69, 9.17) is 4.74 Å². The van der Waals surface area contributed by atoms with Crippen LogP contribution in [-0.4, -0.2) is 25.5 Å². The van der Waals surface area contributed by atoms with Crippen LogP contribution in [0.3, 0.4) is 0 Å². The Balaban J connectivity index is 1.46. The Hall–Kier alpha value is -3.60. The van der Waals surface area contributed by atoms with E-state index in [1.165, 1.54) is 0 Å². The molecule has 3 aromatic carbocycles. The molecule has 0 saturated heterocycles. The maximum atomic E-state index is 12.8. The Kier molecular flexibility index (Phi) is 5.29. The van der Waals surface area contributed by atoms with E-state index in [2.05, 4.69) is 11.4 Å². The van der Waals surface area contributed by atoms with Crippen molar-refractivity contribution in [3.63, 3.8) is 0 Å². The fourth-order valence-corrected chi connectivity index (χ4v) is 3.62. The zero-order valence-electron chi connectivity index (χ0n) is 16.2. The molecule has 29 heavy (non-hydrogen) atoms. The van der Waals surface area contributed by atoms with Crippen LogP contribution in [-0.2, 0) is 13.0 Å². The average molecular weight is 386 g/mol. The fourth-order valence-electron chi connectivity index (χ4n) is 3.62. The van der Waals surface area contributed by atoms with Gasteiger partial charge in [0, 0.05) is 24.3 Å². The van der Waals surface area contributed by atoms with E-state index >= 15 is 0 Å². The van der Waals surface area contributed by atoms with Crippen LogP contribution in [0.4, 0.5) is 5.69 Å². The molecular formula is C24H22N2O3. The number of ether oxygens (including phenoxy) is 1. The van der Waals surface area contributed by atoms with Crippen LogP contribution in [0.15, 0.2) is 72.8 Å². The lowest BCUT2D eigenvalue weighted by molar-refractivity contribution is 0.0946. The van der Waals surface area contributed by atoms with Gasteiger partial charge in [-0.05, 0) is 47.9 Å². The maximum absolute atomic E-state index is 12.8. The molecule has 5 nitrogen and oxygen atoms in total. The van der Waals surface area contributed by atoms with Gasteiger partial charge in [0.05, 0.1) is 12.7 Å². The minimum absolute atomic E-state index is 0.0153. The molecule has 4 rings (SSSR count). The van der Waals surface area contributed by atoms with Crippen molar-refractivity contribution in [2.24, 2.45) is 0 Å². The molecule has 0 saturated carbocycles. The number of amides is 2. The van der Waals surface area contributed by atoms with Crippen molar-refractivity contribution >= 4 is 17.5 Å². The van der Waals surface area contributed by atoms with Crippen LogP contribution in [0, 0.1) is 0 Å². The molecule has 0 fully saturated rings. The van der Waals surface area contributed by atoms with Crippen LogP contribution >= 0.6 is 0 Å². The number of hydrogen-bond donors (Lipinski definition) is 1. The number of para-hydroxylation sites is 1. The summed E-state index contributed by atoms with van der Waals surface area (Å²) in [4.78, 5) is 27.1. The Labute approximate surface area is 169 Å². The summed E-state index contributed by atoms with van der Waals surface area (Å²) in [5, 5.41) is 2.94. The minimum atomic E-state index is -0.177. The molecule has 0 radical (unpaired) electrons. The molecule has 1 heterocycles. The zero-order chi connectivity index (χ0) is 20.2. The van der Waals surface area contributed by atoms with E-state index in [0.717, 1.165) is 23.2 Å². The molecule has 1 aliphatic heterocycles. The van der Waals surface area contributed by atoms with E-state index in [1.807, 2.05) is 59.5 Å². The van der Waals surface area contributed by atoms with Crippen molar-refractivity contribution in [2.75, 3.05) is 18.6 Å². The Morgan fingerprint density at radius 1 is 1.00 bits per heavy atom. The molecule has 0 aromatic heterocycles. The quantitative estimate of drug-likeness (QED) is 0.725. The van der Waals surface area contributed by atoms with Gasteiger partial charge in [0.2, 0.25) is 0 Å². The number of anilines is 1. The standard InChI is InChI=1S/C24H22N2O3/c1-29-22-10-6-5-9-20(22)23(27)25-16-17-11-12-21-19(15-17)13-14-26(21)24(28)18-7-3-2-4-8-18/h2-12,15H,13-14,16H2,1H3,(H,25,27). The molecule has 1 aliphatic rings. The first-order valence-electron chi connectivity index (χ1n) is 9.57. The van der Waals surface area contributed by atoms with Crippen molar-refractivity contribution < 1.29 is 14.3 Å². The second kappa shape index (κ2) is 8.19. The Bertz CT molecular complexity index is 1050. The summed E-state index contributed by atoms with van der Waals surface area (Å²) in [6.45, 7) is 1.08. The third-order valence-corrected chi connectivity index (χ3v) is 5.11. The number of methoxy groups -OCH3 is 1. The van der Waals surface area contributed by atoms with Crippen LogP contribution in [0.5, 0.6) is 5.75 Å². The zero-order valence-corrected chi connectivity index (χ0v) is 16.2. The Morgan fingerprint density at radius 2 is 1.76 bits per heavy atom. The van der Waals surface area contributed by atoms with Crippen LogP contribution in [0.25, 0.3) is 0 Å². The first kappa shape index (κ1) is 18.7. The predicted octanol–water partition coefficient (Wildman–Crippen LogP) is 3.83. The molecular weight excluding hydrogens is 364 g/mol. The van der Waals surface area contributed by atoms with E-state index in [9.17, 15) is 9.59 Å². The van der Waals surface area contributed by atoms with E-state index in [0.29, 0.717) is 30.0 Å². The van der Waals surface area contributed by atoms with Gasteiger partial charge in [-0.1, -0.05) is 42.5 Å². The van der Waals surface area contributed by atoms with Gasteiger partial charge in [-0.2, -0.15) is 0 Å². The smallest absolute Gasteiger partial charge is 0.258 e. The van der Waals surface area contributed by atoms with Gasteiger partial charge in [0.15, 0.2) is 0 Å². The molecule has 1 N–H and O–H groups in total. The normalized spacial score (nSPS) is 12.4. The third kappa shape index (κ3) is 3.85. The second-order valence-electron chi connectivity index (χ2n) is 6.92. The first-order chi connectivity index (χ1) is 14.2. The van der Waals surface area contributed by atoms with E-state index in [1.54, 1.807) is 19.2 Å². The van der Waals surface area contributed by atoms with Gasteiger partial charge >= 0.3 is 0 Å². The largest absolute Gasteiger partial charge is 0.496 e. The fraction of sp³-hybridized carbons (Fsp3) is 0.167. The molecule has 0 spiro atoms. The Morgan fingerprint density at radius 3 is 2.55 bits per heavy atom. The molecule has 3 aromatic rings. The van der Waals surface area contributed by atoms with Crippen LogP contribution < -0.4 is 15.0 Å². The number of fused-ring (bicyclic) bond motifs is 1. The second-order valence-corrected chi connectivity index (χ2v) is 6.92. The highest BCUT2D eigenvalue weighted by Gasteiger charge is 2.25. The van der Waals surface area contributed by atoms with E-state index in [-0.39, 0.29) is 11.8 Å². The number of hydrogen-bond acceptors (Lipinski definition) is 3. The average Bonchev–Trinajstić information content (AvgIpc) is 3.20. The maximum Gasteiger partial charge on any atom is 0.258 e. The lowest BCUT2D eigenvalue weighted by Gasteiger charge is -2.17. The van der Waals surface area contributed by atoms with Gasteiger partial charge in [0.25, 0.3) is 11.8 Å². The summed E-state index contributed by atoms with van der Waals surface area (Å²) in [5.74, 6) is 0.388. The number of nitrogens with zero attached hydrogens (tertiary/aromatic N) is 1. The lowest BCUT2D eigenvalue weighted by atomic mass is 10.1. The minimum Gasteiger partial charge on any atom is -0.496 e. The lowest BCUT2D eigenvalue weighted by Crippen LogP contribution is -2.28. The van der Waals surface area contributed by atoms with Crippen LogP contribution in [0.2, 0.25) is 0 Å². The molecule has 0 atom stereocenters. The van der Waals surface area contributed by atoms with Gasteiger partial charge in [-0.25, -0.2) is 0 Å². The predicted molar refractivity (Wildman–Crippen MR) is 112 cm³/mol.